The molecule has 0 aromatic heterocycles. The number of aliphatic hydroxyl groups is 1. The van der Waals surface area contributed by atoms with E-state index in [9.17, 15) is 5.11 Å². The molecule has 1 aromatic carbocycles. The first-order valence-corrected chi connectivity index (χ1v) is 7.49. The van der Waals surface area contributed by atoms with Gasteiger partial charge in [0.2, 0.25) is 0 Å². The van der Waals surface area contributed by atoms with E-state index in [4.69, 9.17) is 0 Å². The summed E-state index contributed by atoms with van der Waals surface area (Å²) in [5.41, 5.74) is 2.60. The minimum Gasteiger partial charge on any atom is -0.395 e. The van der Waals surface area contributed by atoms with Gasteiger partial charge in [-0.05, 0) is 51.6 Å². The van der Waals surface area contributed by atoms with Crippen molar-refractivity contribution in [3.8, 4) is 0 Å². The average Bonchev–Trinajstić information content (AvgIpc) is 2.32. The van der Waals surface area contributed by atoms with E-state index in [1.807, 2.05) is 0 Å². The Morgan fingerprint density at radius 1 is 1.42 bits per heavy atom. The van der Waals surface area contributed by atoms with Gasteiger partial charge >= 0.3 is 0 Å². The number of likely N-dealkylation sites (N-methyl/N-ethyl adjacent to an activating group) is 1. The number of aliphatic hydroxyl groups excluding tert-OH is 1. The molecule has 0 radical (unpaired) electrons. The molecule has 1 saturated heterocycles. The first-order chi connectivity index (χ1) is 8.85. The van der Waals surface area contributed by atoms with Crippen LogP contribution in [0.1, 0.15) is 19.4 Å². The summed E-state index contributed by atoms with van der Waals surface area (Å²) in [7, 11) is 2.10. The van der Waals surface area contributed by atoms with Crippen LogP contribution in [0.4, 0.5) is 5.69 Å². The van der Waals surface area contributed by atoms with E-state index in [1.54, 1.807) is 0 Å². The van der Waals surface area contributed by atoms with Gasteiger partial charge in [-0.25, -0.2) is 0 Å². The van der Waals surface area contributed by atoms with E-state index in [1.165, 1.54) is 11.3 Å². The van der Waals surface area contributed by atoms with Gasteiger partial charge in [0, 0.05) is 28.8 Å². The number of benzene rings is 1. The van der Waals surface area contributed by atoms with Crippen molar-refractivity contribution in [3.05, 3.63) is 28.2 Å². The monoisotopic (exact) mass is 326 g/mol. The molecule has 1 aliphatic rings. The SMILES string of the molecule is Cc1cc(Br)ccc1N1CC(CO)N(C)C(C)(C)C1. The standard InChI is InChI=1S/C15H23BrN2O/c1-11-7-12(16)5-6-14(11)18-8-13(9-19)17(4)15(2,3)10-18/h5-7,13,19H,8-10H2,1-4H3. The highest BCUT2D eigenvalue weighted by Crippen LogP contribution is 2.30. The normalized spacial score (nSPS) is 23.7. The smallest absolute Gasteiger partial charge is 0.0604 e. The van der Waals surface area contributed by atoms with Gasteiger partial charge in [-0.3, -0.25) is 4.90 Å². The third kappa shape index (κ3) is 2.96. The van der Waals surface area contributed by atoms with Crippen molar-refractivity contribution in [1.29, 1.82) is 0 Å². The molecule has 0 saturated carbocycles. The van der Waals surface area contributed by atoms with Crippen LogP contribution < -0.4 is 4.90 Å². The summed E-state index contributed by atoms with van der Waals surface area (Å²) in [5.74, 6) is 0. The first-order valence-electron chi connectivity index (χ1n) is 6.70. The Balaban J connectivity index is 2.30. The molecule has 3 nitrogen and oxygen atoms in total. The molecule has 0 bridgehead atoms. The fourth-order valence-corrected chi connectivity index (χ4v) is 3.33. The predicted molar refractivity (Wildman–Crippen MR) is 83.8 cm³/mol. The van der Waals surface area contributed by atoms with Gasteiger partial charge in [0.15, 0.2) is 0 Å². The van der Waals surface area contributed by atoms with E-state index in [-0.39, 0.29) is 18.2 Å². The molecule has 0 aliphatic carbocycles. The molecule has 1 heterocycles. The molecule has 0 spiro atoms. The maximum atomic E-state index is 9.60. The van der Waals surface area contributed by atoms with Gasteiger partial charge in [-0.2, -0.15) is 0 Å². The Morgan fingerprint density at radius 3 is 2.68 bits per heavy atom. The molecule has 1 N–H and O–H groups in total. The third-order valence-electron chi connectivity index (χ3n) is 4.22. The van der Waals surface area contributed by atoms with Crippen LogP contribution in [0.5, 0.6) is 0 Å². The van der Waals surface area contributed by atoms with Crippen LogP contribution in [0.3, 0.4) is 0 Å². The zero-order chi connectivity index (χ0) is 14.2. The lowest BCUT2D eigenvalue weighted by Gasteiger charge is -2.50. The summed E-state index contributed by atoms with van der Waals surface area (Å²) in [6.45, 7) is 8.65. The number of nitrogens with zero attached hydrogens (tertiary/aromatic N) is 2. The summed E-state index contributed by atoms with van der Waals surface area (Å²) < 4.78 is 1.11. The molecule has 1 aromatic rings. The van der Waals surface area contributed by atoms with Gasteiger partial charge in [-0.1, -0.05) is 15.9 Å². The Hall–Kier alpha value is -0.580. The van der Waals surface area contributed by atoms with Crippen molar-refractivity contribution in [3.63, 3.8) is 0 Å². The number of hydrogen-bond acceptors (Lipinski definition) is 3. The van der Waals surface area contributed by atoms with Gasteiger partial charge in [0.05, 0.1) is 12.6 Å². The van der Waals surface area contributed by atoms with Crippen molar-refractivity contribution in [2.24, 2.45) is 0 Å². The molecule has 19 heavy (non-hydrogen) atoms. The Labute approximate surface area is 124 Å². The second-order valence-corrected chi connectivity index (χ2v) is 6.99. The molecule has 0 amide bonds. The number of aryl methyl sites for hydroxylation is 1. The second-order valence-electron chi connectivity index (χ2n) is 6.07. The van der Waals surface area contributed by atoms with E-state index >= 15 is 0 Å². The topological polar surface area (TPSA) is 26.7 Å². The minimum absolute atomic E-state index is 0.0607. The van der Waals surface area contributed by atoms with E-state index in [0.717, 1.165) is 17.6 Å². The van der Waals surface area contributed by atoms with Crippen LogP contribution in [-0.4, -0.2) is 48.3 Å². The molecule has 2 rings (SSSR count). The maximum absolute atomic E-state index is 9.60. The highest BCUT2D eigenvalue weighted by atomic mass is 79.9. The first kappa shape index (κ1) is 14.8. The Morgan fingerprint density at radius 2 is 2.11 bits per heavy atom. The predicted octanol–water partition coefficient (Wildman–Crippen LogP) is 2.65. The lowest BCUT2D eigenvalue weighted by molar-refractivity contribution is 0.0455. The van der Waals surface area contributed by atoms with Gasteiger partial charge < -0.3 is 10.0 Å². The summed E-state index contributed by atoms with van der Waals surface area (Å²) in [6.07, 6.45) is 0. The van der Waals surface area contributed by atoms with Crippen molar-refractivity contribution >= 4 is 21.6 Å². The van der Waals surface area contributed by atoms with Crippen molar-refractivity contribution < 1.29 is 5.11 Å². The largest absolute Gasteiger partial charge is 0.395 e. The molecule has 4 heteroatoms. The average molecular weight is 327 g/mol. The van der Waals surface area contributed by atoms with Gasteiger partial charge in [0.1, 0.15) is 0 Å². The molecule has 106 valence electrons. The highest BCUT2D eigenvalue weighted by molar-refractivity contribution is 9.10. The van der Waals surface area contributed by atoms with Crippen LogP contribution >= 0.6 is 15.9 Å². The zero-order valence-electron chi connectivity index (χ0n) is 12.2. The maximum Gasteiger partial charge on any atom is 0.0604 e. The van der Waals surface area contributed by atoms with Crippen LogP contribution in [0.2, 0.25) is 0 Å². The van der Waals surface area contributed by atoms with Crippen LogP contribution in [0.25, 0.3) is 0 Å². The molecule has 1 fully saturated rings. The number of piperazine rings is 1. The molecule has 1 aliphatic heterocycles. The van der Waals surface area contributed by atoms with Crippen LogP contribution in [0, 0.1) is 6.92 Å². The van der Waals surface area contributed by atoms with Gasteiger partial charge in [-0.15, -0.1) is 0 Å². The second kappa shape index (κ2) is 5.43. The van der Waals surface area contributed by atoms with Gasteiger partial charge in [0.25, 0.3) is 0 Å². The number of halogens is 1. The highest BCUT2D eigenvalue weighted by Gasteiger charge is 2.37. The quantitative estimate of drug-likeness (QED) is 0.905. The number of hydrogen-bond donors (Lipinski definition) is 1. The minimum atomic E-state index is 0.0607. The fourth-order valence-electron chi connectivity index (χ4n) is 2.85. The molecule has 1 atom stereocenters. The van der Waals surface area contributed by atoms with E-state index < -0.39 is 0 Å². The lowest BCUT2D eigenvalue weighted by Crippen LogP contribution is -2.63. The summed E-state index contributed by atoms with van der Waals surface area (Å²) in [6, 6.07) is 6.58. The van der Waals surface area contributed by atoms with Crippen molar-refractivity contribution in [2.75, 3.05) is 31.6 Å². The Bertz CT molecular complexity index is 461. The van der Waals surface area contributed by atoms with E-state index in [0.29, 0.717) is 0 Å². The number of rotatable bonds is 2. The summed E-state index contributed by atoms with van der Waals surface area (Å²) in [5, 5.41) is 9.60. The molecular formula is C15H23BrN2O. The van der Waals surface area contributed by atoms with Crippen LogP contribution in [-0.2, 0) is 0 Å². The summed E-state index contributed by atoms with van der Waals surface area (Å²) in [4.78, 5) is 4.68. The van der Waals surface area contributed by atoms with Crippen molar-refractivity contribution in [1.82, 2.24) is 4.90 Å². The molecular weight excluding hydrogens is 304 g/mol. The van der Waals surface area contributed by atoms with Crippen molar-refractivity contribution in [2.45, 2.75) is 32.4 Å². The zero-order valence-corrected chi connectivity index (χ0v) is 13.7. The Kier molecular flexibility index (Phi) is 4.23. The molecule has 1 unspecified atom stereocenters. The van der Waals surface area contributed by atoms with E-state index in [2.05, 4.69) is 71.7 Å². The fraction of sp³-hybridized carbons (Fsp3) is 0.600. The van der Waals surface area contributed by atoms with Crippen LogP contribution in [0.15, 0.2) is 22.7 Å². The number of anilines is 1. The lowest BCUT2D eigenvalue weighted by atomic mass is 9.95. The third-order valence-corrected chi connectivity index (χ3v) is 4.71. The summed E-state index contributed by atoms with van der Waals surface area (Å²) >= 11 is 3.51.